The Hall–Kier alpha value is -3.70. The average Bonchev–Trinajstić information content (AvgIpc) is 2.96. The molecule has 0 aliphatic heterocycles. The van der Waals surface area contributed by atoms with E-state index in [9.17, 15) is 16.8 Å². The van der Waals surface area contributed by atoms with Crippen LogP contribution in [0.3, 0.4) is 0 Å². The molecule has 4 aromatic carbocycles. The van der Waals surface area contributed by atoms with E-state index in [2.05, 4.69) is 9.44 Å². The second-order valence-corrected chi connectivity index (χ2v) is 12.3. The maximum absolute atomic E-state index is 12.8. The Bertz CT molecular complexity index is 1500. The molecule has 204 valence electrons. The first-order valence-electron chi connectivity index (χ1n) is 12.1. The molecular formula is C29H30N2O6S2. The summed E-state index contributed by atoms with van der Waals surface area (Å²) in [7, 11) is -4.34. The SMILES string of the molecule is COc1ccccc1CNS(=O)(=O)c1ccc(Cc2ccc(S(=O)(=O)NCc3ccccc3OC)cc2)cc1. The normalized spacial score (nSPS) is 11.7. The molecule has 0 radical (unpaired) electrons. The van der Waals surface area contributed by atoms with E-state index in [0.29, 0.717) is 17.9 Å². The van der Waals surface area contributed by atoms with E-state index in [1.165, 1.54) is 0 Å². The first-order chi connectivity index (χ1) is 18.7. The van der Waals surface area contributed by atoms with Gasteiger partial charge >= 0.3 is 0 Å². The standard InChI is InChI=1S/C29H30N2O6S2/c1-36-28-9-5-3-7-24(28)20-30-38(32,33)26-15-11-22(12-16-26)19-23-13-17-27(18-14-23)39(34,35)31-21-25-8-4-6-10-29(25)37-2/h3-18,30-31H,19-21H2,1-2H3. The maximum Gasteiger partial charge on any atom is 0.240 e. The van der Waals surface area contributed by atoms with E-state index in [1.54, 1.807) is 87.0 Å². The van der Waals surface area contributed by atoms with Crippen LogP contribution in [0.1, 0.15) is 22.3 Å². The van der Waals surface area contributed by atoms with Crippen LogP contribution < -0.4 is 18.9 Å². The molecule has 39 heavy (non-hydrogen) atoms. The highest BCUT2D eigenvalue weighted by molar-refractivity contribution is 7.89. The van der Waals surface area contributed by atoms with Gasteiger partial charge in [0.15, 0.2) is 0 Å². The molecule has 10 heteroatoms. The number of benzene rings is 4. The number of rotatable bonds is 12. The van der Waals surface area contributed by atoms with Crippen molar-refractivity contribution in [1.82, 2.24) is 9.44 Å². The zero-order chi connectivity index (χ0) is 27.9. The van der Waals surface area contributed by atoms with Crippen LogP contribution >= 0.6 is 0 Å². The minimum Gasteiger partial charge on any atom is -0.496 e. The number of sulfonamides is 2. The monoisotopic (exact) mass is 566 g/mol. The molecule has 4 aromatic rings. The van der Waals surface area contributed by atoms with Crippen molar-refractivity contribution in [3.05, 3.63) is 119 Å². The van der Waals surface area contributed by atoms with Gasteiger partial charge in [0.25, 0.3) is 0 Å². The minimum absolute atomic E-state index is 0.108. The van der Waals surface area contributed by atoms with Crippen molar-refractivity contribution in [2.24, 2.45) is 0 Å². The summed E-state index contributed by atoms with van der Waals surface area (Å²) in [5.74, 6) is 1.23. The Balaban J connectivity index is 1.37. The highest BCUT2D eigenvalue weighted by Crippen LogP contribution is 2.21. The Kier molecular flexibility index (Phi) is 9.03. The molecule has 4 rings (SSSR count). The molecule has 0 fully saturated rings. The Morgan fingerprint density at radius 1 is 0.538 bits per heavy atom. The van der Waals surface area contributed by atoms with Crippen molar-refractivity contribution in [1.29, 1.82) is 0 Å². The van der Waals surface area contributed by atoms with Crippen LogP contribution in [0.25, 0.3) is 0 Å². The fraction of sp³-hybridized carbons (Fsp3) is 0.172. The topological polar surface area (TPSA) is 111 Å². The predicted molar refractivity (Wildman–Crippen MR) is 150 cm³/mol. The first-order valence-corrected chi connectivity index (χ1v) is 15.1. The molecule has 0 spiro atoms. The summed E-state index contributed by atoms with van der Waals surface area (Å²) >= 11 is 0. The highest BCUT2D eigenvalue weighted by atomic mass is 32.2. The maximum atomic E-state index is 12.8. The lowest BCUT2D eigenvalue weighted by Gasteiger charge is -2.11. The minimum atomic E-state index is -3.71. The Morgan fingerprint density at radius 2 is 0.897 bits per heavy atom. The average molecular weight is 567 g/mol. The van der Waals surface area contributed by atoms with E-state index in [4.69, 9.17) is 9.47 Å². The number of para-hydroxylation sites is 2. The summed E-state index contributed by atoms with van der Waals surface area (Å²) < 4.78 is 66.8. The smallest absolute Gasteiger partial charge is 0.240 e. The molecular weight excluding hydrogens is 536 g/mol. The molecule has 0 unspecified atom stereocenters. The van der Waals surface area contributed by atoms with Crippen molar-refractivity contribution in [3.63, 3.8) is 0 Å². The summed E-state index contributed by atoms with van der Waals surface area (Å²) in [6.45, 7) is 0.216. The van der Waals surface area contributed by atoms with E-state index in [1.807, 2.05) is 24.3 Å². The molecule has 2 N–H and O–H groups in total. The second kappa shape index (κ2) is 12.4. The van der Waals surface area contributed by atoms with Crippen LogP contribution in [-0.4, -0.2) is 31.1 Å². The molecule has 0 amide bonds. The van der Waals surface area contributed by atoms with E-state index in [-0.39, 0.29) is 22.9 Å². The van der Waals surface area contributed by atoms with E-state index in [0.717, 1.165) is 22.3 Å². The first kappa shape index (κ1) is 28.3. The Labute approximate surface area is 229 Å². The predicted octanol–water partition coefficient (Wildman–Crippen LogP) is 4.25. The lowest BCUT2D eigenvalue weighted by atomic mass is 10.1. The summed E-state index contributed by atoms with van der Waals surface area (Å²) in [5.41, 5.74) is 3.26. The second-order valence-electron chi connectivity index (χ2n) is 8.74. The van der Waals surface area contributed by atoms with E-state index < -0.39 is 20.0 Å². The zero-order valence-corrected chi connectivity index (χ0v) is 23.3. The van der Waals surface area contributed by atoms with Gasteiger partial charge in [-0.25, -0.2) is 26.3 Å². The van der Waals surface area contributed by atoms with E-state index >= 15 is 0 Å². The third-order valence-electron chi connectivity index (χ3n) is 6.17. The van der Waals surface area contributed by atoms with Crippen LogP contribution in [0.4, 0.5) is 0 Å². The molecule has 0 aliphatic carbocycles. The number of ether oxygens (including phenoxy) is 2. The van der Waals surface area contributed by atoms with Gasteiger partial charge in [-0.05, 0) is 53.9 Å². The van der Waals surface area contributed by atoms with Crippen molar-refractivity contribution in [2.75, 3.05) is 14.2 Å². The third-order valence-corrected chi connectivity index (χ3v) is 9.00. The largest absolute Gasteiger partial charge is 0.496 e. The molecule has 0 saturated carbocycles. The van der Waals surface area contributed by atoms with Crippen LogP contribution in [0.15, 0.2) is 107 Å². The van der Waals surface area contributed by atoms with Gasteiger partial charge in [-0.1, -0.05) is 60.7 Å². The van der Waals surface area contributed by atoms with Crippen LogP contribution in [0.2, 0.25) is 0 Å². The third kappa shape index (κ3) is 7.24. The number of hydrogen-bond acceptors (Lipinski definition) is 6. The van der Waals surface area contributed by atoms with Gasteiger partial charge in [0.2, 0.25) is 20.0 Å². The van der Waals surface area contributed by atoms with Crippen molar-refractivity contribution >= 4 is 20.0 Å². The van der Waals surface area contributed by atoms with Gasteiger partial charge in [0.1, 0.15) is 11.5 Å². The summed E-state index contributed by atoms with van der Waals surface area (Å²) in [4.78, 5) is 0.312. The molecule has 0 aromatic heterocycles. The van der Waals surface area contributed by atoms with Gasteiger partial charge < -0.3 is 9.47 Å². The summed E-state index contributed by atoms with van der Waals surface area (Å²) in [6.07, 6.45) is 0.518. The van der Waals surface area contributed by atoms with Crippen LogP contribution in [0.5, 0.6) is 11.5 Å². The lowest BCUT2D eigenvalue weighted by molar-refractivity contribution is 0.409. The number of hydrogen-bond donors (Lipinski definition) is 2. The van der Waals surface area contributed by atoms with Gasteiger partial charge in [-0.3, -0.25) is 0 Å². The summed E-state index contributed by atoms with van der Waals surface area (Å²) in [6, 6.07) is 27.7. The number of nitrogens with one attached hydrogen (secondary N) is 2. The van der Waals surface area contributed by atoms with Gasteiger partial charge in [0.05, 0.1) is 24.0 Å². The zero-order valence-electron chi connectivity index (χ0n) is 21.6. The van der Waals surface area contributed by atoms with Crippen molar-refractivity contribution in [2.45, 2.75) is 29.3 Å². The number of methoxy groups -OCH3 is 2. The van der Waals surface area contributed by atoms with Crippen molar-refractivity contribution < 1.29 is 26.3 Å². The fourth-order valence-electron chi connectivity index (χ4n) is 4.02. The van der Waals surface area contributed by atoms with Gasteiger partial charge in [-0.2, -0.15) is 0 Å². The quantitative estimate of drug-likeness (QED) is 0.265. The van der Waals surface area contributed by atoms with Crippen molar-refractivity contribution in [3.8, 4) is 11.5 Å². The molecule has 0 atom stereocenters. The fourth-order valence-corrected chi connectivity index (χ4v) is 6.03. The summed E-state index contributed by atoms with van der Waals surface area (Å²) in [5, 5.41) is 0. The molecule has 0 saturated heterocycles. The molecule has 0 bridgehead atoms. The molecule has 8 nitrogen and oxygen atoms in total. The lowest BCUT2D eigenvalue weighted by Crippen LogP contribution is -2.23. The Morgan fingerprint density at radius 3 is 1.26 bits per heavy atom. The van der Waals surface area contributed by atoms with Gasteiger partial charge in [0, 0.05) is 24.2 Å². The molecule has 0 heterocycles. The van der Waals surface area contributed by atoms with Crippen LogP contribution in [-0.2, 0) is 39.6 Å². The highest BCUT2D eigenvalue weighted by Gasteiger charge is 2.16. The molecule has 0 aliphatic rings. The van der Waals surface area contributed by atoms with Crippen LogP contribution in [0, 0.1) is 0 Å². The van der Waals surface area contributed by atoms with Gasteiger partial charge in [-0.15, -0.1) is 0 Å².